The highest BCUT2D eigenvalue weighted by molar-refractivity contribution is 7.91. The summed E-state index contributed by atoms with van der Waals surface area (Å²) in [4.78, 5) is 17.0. The number of carbonyl (C=O) groups excluding carboxylic acids is 1. The van der Waals surface area contributed by atoms with Gasteiger partial charge in [-0.2, -0.15) is 4.98 Å². The second-order valence-corrected chi connectivity index (χ2v) is 8.59. The molecule has 0 fully saturated rings. The second-order valence-electron chi connectivity index (χ2n) is 5.53. The van der Waals surface area contributed by atoms with Crippen LogP contribution in [-0.2, 0) is 26.0 Å². The van der Waals surface area contributed by atoms with Crippen LogP contribution in [0.3, 0.4) is 0 Å². The molecule has 0 saturated heterocycles. The molecule has 9 heteroatoms. The van der Waals surface area contributed by atoms with Gasteiger partial charge in [-0.25, -0.2) is 8.42 Å². The monoisotopic (exact) mass is 392 g/mol. The average Bonchev–Trinajstić information content (AvgIpc) is 3.30. The number of aryl methyl sites for hydroxylation is 1. The maximum atomic E-state index is 12.2. The normalized spacial score (nSPS) is 11.4. The molecule has 0 bridgehead atoms. The van der Waals surface area contributed by atoms with E-state index in [0.717, 1.165) is 10.4 Å². The summed E-state index contributed by atoms with van der Waals surface area (Å²) < 4.78 is 34.4. The molecule has 7 nitrogen and oxygen atoms in total. The molecule has 0 aliphatic carbocycles. The molecule has 2 heterocycles. The predicted molar refractivity (Wildman–Crippen MR) is 95.3 cm³/mol. The van der Waals surface area contributed by atoms with Gasteiger partial charge < -0.3 is 9.26 Å². The Hall–Kier alpha value is -2.52. The molecule has 0 atom stereocenters. The van der Waals surface area contributed by atoms with Gasteiger partial charge in [0.25, 0.3) is 5.89 Å². The predicted octanol–water partition coefficient (Wildman–Crippen LogP) is 3.01. The Bertz CT molecular complexity index is 977. The fraction of sp³-hybridized carbons (Fsp3) is 0.235. The van der Waals surface area contributed by atoms with E-state index in [1.54, 1.807) is 12.1 Å². The van der Waals surface area contributed by atoms with Gasteiger partial charge in [0, 0.05) is 0 Å². The van der Waals surface area contributed by atoms with Gasteiger partial charge in [-0.3, -0.25) is 4.79 Å². The first-order chi connectivity index (χ1) is 12.4. The number of thiophene rings is 1. The van der Waals surface area contributed by atoms with Crippen molar-refractivity contribution in [3.63, 3.8) is 0 Å². The number of sulfone groups is 1. The third kappa shape index (κ3) is 4.55. The topological polar surface area (TPSA) is 99.4 Å². The summed E-state index contributed by atoms with van der Waals surface area (Å²) in [6.45, 7) is 1.68. The molecule has 0 amide bonds. The number of hydrogen-bond acceptors (Lipinski definition) is 8. The van der Waals surface area contributed by atoms with Crippen molar-refractivity contribution in [2.45, 2.75) is 24.8 Å². The van der Waals surface area contributed by atoms with E-state index in [-0.39, 0.29) is 29.6 Å². The maximum absolute atomic E-state index is 12.2. The highest BCUT2D eigenvalue weighted by Crippen LogP contribution is 2.21. The van der Waals surface area contributed by atoms with Gasteiger partial charge in [-0.15, -0.1) is 11.3 Å². The molecule has 0 aliphatic rings. The lowest BCUT2D eigenvalue weighted by Gasteiger charge is -2.05. The molecule has 26 heavy (non-hydrogen) atoms. The number of aromatic nitrogens is 2. The summed E-state index contributed by atoms with van der Waals surface area (Å²) in [5.74, 6) is -0.383. The zero-order valence-corrected chi connectivity index (χ0v) is 15.5. The molecular weight excluding hydrogens is 376 g/mol. The minimum atomic E-state index is -3.53. The summed E-state index contributed by atoms with van der Waals surface area (Å²) in [5.41, 5.74) is 0.963. The number of hydrogen-bond donors (Lipinski definition) is 0. The summed E-state index contributed by atoms with van der Waals surface area (Å²) in [6.07, 6.45) is -0.248. The Kier molecular flexibility index (Phi) is 5.48. The Balaban J connectivity index is 1.51. The minimum absolute atomic E-state index is 0.156. The Labute approximate surface area is 154 Å². The molecular formula is C17H16N2O5S2. The van der Waals surface area contributed by atoms with Crippen LogP contribution in [0.2, 0.25) is 0 Å². The highest BCUT2D eigenvalue weighted by Gasteiger charge is 2.18. The van der Waals surface area contributed by atoms with Gasteiger partial charge >= 0.3 is 5.97 Å². The smallest absolute Gasteiger partial charge is 0.307 e. The van der Waals surface area contributed by atoms with Crippen LogP contribution >= 0.6 is 11.3 Å². The van der Waals surface area contributed by atoms with Crippen molar-refractivity contribution in [2.24, 2.45) is 0 Å². The number of esters is 1. The first-order valence-corrected chi connectivity index (χ1v) is 10.3. The Morgan fingerprint density at radius 3 is 2.69 bits per heavy atom. The average molecular weight is 392 g/mol. The molecule has 2 aromatic heterocycles. The quantitative estimate of drug-likeness (QED) is 0.570. The molecule has 0 unspecified atom stereocenters. The van der Waals surface area contributed by atoms with Crippen LogP contribution in [-0.4, -0.2) is 30.3 Å². The van der Waals surface area contributed by atoms with E-state index in [4.69, 9.17) is 9.26 Å². The second kappa shape index (κ2) is 7.79. The van der Waals surface area contributed by atoms with Crippen molar-refractivity contribution in [2.75, 3.05) is 5.75 Å². The van der Waals surface area contributed by atoms with E-state index >= 15 is 0 Å². The number of benzene rings is 1. The van der Waals surface area contributed by atoms with E-state index in [0.29, 0.717) is 5.82 Å². The molecule has 0 N–H and O–H groups in total. The van der Waals surface area contributed by atoms with Crippen molar-refractivity contribution >= 4 is 27.1 Å². The lowest BCUT2D eigenvalue weighted by atomic mass is 10.2. The summed E-state index contributed by atoms with van der Waals surface area (Å²) in [7, 11) is -3.53. The van der Waals surface area contributed by atoms with Crippen LogP contribution < -0.4 is 0 Å². The van der Waals surface area contributed by atoms with Crippen LogP contribution in [0.4, 0.5) is 0 Å². The molecule has 0 aliphatic heterocycles. The summed E-state index contributed by atoms with van der Waals surface area (Å²) in [6, 6.07) is 10.2. The van der Waals surface area contributed by atoms with E-state index in [1.165, 1.54) is 23.5 Å². The lowest BCUT2D eigenvalue weighted by molar-refractivity contribution is -0.145. The zero-order valence-electron chi connectivity index (χ0n) is 13.9. The van der Waals surface area contributed by atoms with E-state index in [2.05, 4.69) is 10.1 Å². The highest BCUT2D eigenvalue weighted by atomic mass is 32.2. The lowest BCUT2D eigenvalue weighted by Crippen LogP contribution is -2.13. The van der Waals surface area contributed by atoms with Gasteiger partial charge in [0.2, 0.25) is 5.82 Å². The molecule has 0 saturated carbocycles. The van der Waals surface area contributed by atoms with Crippen LogP contribution in [0.15, 0.2) is 51.2 Å². The van der Waals surface area contributed by atoms with E-state index < -0.39 is 15.8 Å². The van der Waals surface area contributed by atoms with E-state index in [9.17, 15) is 13.2 Å². The third-order valence-electron chi connectivity index (χ3n) is 3.52. The van der Waals surface area contributed by atoms with Crippen molar-refractivity contribution in [3.8, 4) is 10.7 Å². The van der Waals surface area contributed by atoms with Gasteiger partial charge in [-0.1, -0.05) is 28.9 Å². The fourth-order valence-corrected chi connectivity index (χ4v) is 3.99. The SMILES string of the molecule is Cc1ccc(S(=O)(=O)CCC(=O)OCc2nc(-c3cccs3)no2)cc1. The zero-order chi connectivity index (χ0) is 18.6. The number of nitrogens with zero attached hydrogens (tertiary/aromatic N) is 2. The molecule has 0 radical (unpaired) electrons. The third-order valence-corrected chi connectivity index (χ3v) is 6.12. The molecule has 3 aromatic rings. The number of ether oxygens (including phenoxy) is 1. The Morgan fingerprint density at radius 2 is 2.00 bits per heavy atom. The van der Waals surface area contributed by atoms with Gasteiger partial charge in [0.15, 0.2) is 16.4 Å². The largest absolute Gasteiger partial charge is 0.456 e. The first-order valence-electron chi connectivity index (χ1n) is 7.75. The Morgan fingerprint density at radius 1 is 1.23 bits per heavy atom. The fourth-order valence-electron chi connectivity index (χ4n) is 2.11. The van der Waals surface area contributed by atoms with Crippen LogP contribution in [0.1, 0.15) is 17.9 Å². The number of carbonyl (C=O) groups is 1. The van der Waals surface area contributed by atoms with Gasteiger partial charge in [0.1, 0.15) is 0 Å². The van der Waals surface area contributed by atoms with E-state index in [1.807, 2.05) is 24.4 Å². The van der Waals surface area contributed by atoms with Crippen LogP contribution in [0, 0.1) is 6.92 Å². The van der Waals surface area contributed by atoms with Gasteiger partial charge in [0.05, 0.1) is 21.9 Å². The van der Waals surface area contributed by atoms with Crippen LogP contribution in [0.5, 0.6) is 0 Å². The van der Waals surface area contributed by atoms with Crippen molar-refractivity contribution < 1.29 is 22.5 Å². The molecule has 136 valence electrons. The maximum Gasteiger partial charge on any atom is 0.307 e. The first kappa shape index (κ1) is 18.3. The molecule has 1 aromatic carbocycles. The number of rotatable bonds is 7. The summed E-state index contributed by atoms with van der Waals surface area (Å²) >= 11 is 1.46. The van der Waals surface area contributed by atoms with Crippen molar-refractivity contribution in [3.05, 3.63) is 53.2 Å². The van der Waals surface area contributed by atoms with Crippen molar-refractivity contribution in [1.29, 1.82) is 0 Å². The standard InChI is InChI=1S/C17H16N2O5S2/c1-12-4-6-13(7-5-12)26(21,22)10-8-16(20)23-11-15-18-17(19-24-15)14-3-2-9-25-14/h2-7,9H,8,10-11H2,1H3. The molecule has 0 spiro atoms. The van der Waals surface area contributed by atoms with Gasteiger partial charge in [-0.05, 0) is 30.5 Å². The van der Waals surface area contributed by atoms with Crippen LogP contribution in [0.25, 0.3) is 10.7 Å². The molecule has 3 rings (SSSR count). The summed E-state index contributed by atoms with van der Waals surface area (Å²) in [5, 5.41) is 5.69. The van der Waals surface area contributed by atoms with Crippen molar-refractivity contribution in [1.82, 2.24) is 10.1 Å². The minimum Gasteiger partial charge on any atom is -0.456 e.